The van der Waals surface area contributed by atoms with Crippen molar-refractivity contribution in [1.29, 1.82) is 0 Å². The maximum absolute atomic E-state index is 4.56. The van der Waals surface area contributed by atoms with Crippen molar-refractivity contribution in [2.24, 2.45) is 10.9 Å². The second-order valence-electron chi connectivity index (χ2n) is 6.14. The minimum absolute atomic E-state index is 0.595. The molecule has 3 unspecified atom stereocenters. The molecule has 4 nitrogen and oxygen atoms in total. The molecule has 0 aromatic carbocycles. The first-order valence-corrected chi connectivity index (χ1v) is 7.58. The number of likely N-dealkylation sites (tertiary alicyclic amines) is 1. The Morgan fingerprint density at radius 3 is 2.67 bits per heavy atom. The fourth-order valence-electron chi connectivity index (χ4n) is 2.86. The van der Waals surface area contributed by atoms with E-state index >= 15 is 0 Å². The van der Waals surface area contributed by atoms with Crippen LogP contribution in [0.25, 0.3) is 0 Å². The Hall–Kier alpha value is -0.770. The number of rotatable bonds is 4. The lowest BCUT2D eigenvalue weighted by atomic mass is 10.3. The molecule has 0 aromatic heterocycles. The molecule has 1 heterocycles. The second-order valence-corrected chi connectivity index (χ2v) is 6.14. The summed E-state index contributed by atoms with van der Waals surface area (Å²) in [5.74, 6) is 1.86. The number of hydrogen-bond donors (Lipinski definition) is 2. The van der Waals surface area contributed by atoms with Gasteiger partial charge in [0.25, 0.3) is 0 Å². The summed E-state index contributed by atoms with van der Waals surface area (Å²) in [5.41, 5.74) is 0. The first-order valence-electron chi connectivity index (χ1n) is 7.58. The number of aliphatic imine (C=N–C) groups is 1. The third kappa shape index (κ3) is 2.97. The molecule has 2 aliphatic carbocycles. The first-order chi connectivity index (χ1) is 8.76. The molecule has 3 aliphatic rings. The van der Waals surface area contributed by atoms with Crippen molar-refractivity contribution in [3.8, 4) is 0 Å². The average Bonchev–Trinajstić information content (AvgIpc) is 3.24. The second kappa shape index (κ2) is 5.08. The quantitative estimate of drug-likeness (QED) is 0.581. The lowest BCUT2D eigenvalue weighted by Gasteiger charge is -2.18. The van der Waals surface area contributed by atoms with E-state index in [0.717, 1.165) is 24.5 Å². The molecule has 2 saturated carbocycles. The molecule has 4 heteroatoms. The van der Waals surface area contributed by atoms with Crippen LogP contribution < -0.4 is 10.6 Å². The van der Waals surface area contributed by atoms with Gasteiger partial charge in [0.15, 0.2) is 5.96 Å². The Morgan fingerprint density at radius 1 is 1.28 bits per heavy atom. The van der Waals surface area contributed by atoms with Crippen molar-refractivity contribution in [2.75, 3.05) is 19.6 Å². The standard InChI is InChI=1S/C14H26N4/c1-3-15-14(17-13-8-10(13)2)16-11-6-7-18(9-11)12-4-5-12/h10-13H,3-9H2,1-2H3,(H2,15,16,17). The topological polar surface area (TPSA) is 39.7 Å². The maximum Gasteiger partial charge on any atom is 0.191 e. The molecule has 0 radical (unpaired) electrons. The minimum Gasteiger partial charge on any atom is -0.353 e. The zero-order valence-electron chi connectivity index (χ0n) is 11.7. The van der Waals surface area contributed by atoms with E-state index in [2.05, 4.69) is 34.4 Å². The zero-order chi connectivity index (χ0) is 12.5. The molecule has 1 saturated heterocycles. The van der Waals surface area contributed by atoms with Gasteiger partial charge in [-0.2, -0.15) is 0 Å². The van der Waals surface area contributed by atoms with Gasteiger partial charge < -0.3 is 10.6 Å². The van der Waals surface area contributed by atoms with Gasteiger partial charge in [0.2, 0.25) is 0 Å². The zero-order valence-corrected chi connectivity index (χ0v) is 11.7. The highest BCUT2D eigenvalue weighted by Crippen LogP contribution is 2.30. The molecule has 18 heavy (non-hydrogen) atoms. The maximum atomic E-state index is 4.56. The smallest absolute Gasteiger partial charge is 0.191 e. The molecule has 2 N–H and O–H groups in total. The summed E-state index contributed by atoms with van der Waals surface area (Å²) < 4.78 is 0. The van der Waals surface area contributed by atoms with Crippen LogP contribution in [-0.4, -0.2) is 48.6 Å². The third-order valence-electron chi connectivity index (χ3n) is 4.37. The predicted octanol–water partition coefficient (Wildman–Crippen LogP) is 1.19. The van der Waals surface area contributed by atoms with E-state index in [1.165, 1.54) is 38.8 Å². The largest absolute Gasteiger partial charge is 0.353 e. The van der Waals surface area contributed by atoms with Gasteiger partial charge in [-0.1, -0.05) is 6.92 Å². The van der Waals surface area contributed by atoms with Crippen molar-refractivity contribution in [3.05, 3.63) is 0 Å². The third-order valence-corrected chi connectivity index (χ3v) is 4.37. The number of nitrogens with one attached hydrogen (secondary N) is 2. The Kier molecular flexibility index (Phi) is 3.46. The van der Waals surface area contributed by atoms with Crippen molar-refractivity contribution < 1.29 is 0 Å². The van der Waals surface area contributed by atoms with Crippen LogP contribution in [0.5, 0.6) is 0 Å². The highest BCUT2D eigenvalue weighted by atomic mass is 15.3. The van der Waals surface area contributed by atoms with Crippen LogP contribution in [-0.2, 0) is 0 Å². The molecular weight excluding hydrogens is 224 g/mol. The summed E-state index contributed by atoms with van der Waals surface area (Å²) in [6.07, 6.45) is 5.39. The summed E-state index contributed by atoms with van der Waals surface area (Å²) in [4.78, 5) is 7.20. The summed E-state index contributed by atoms with van der Waals surface area (Å²) in [7, 11) is 0. The first kappa shape index (κ1) is 12.3. The summed E-state index contributed by atoms with van der Waals surface area (Å²) in [5, 5.41) is 7.17. The van der Waals surface area contributed by atoms with Crippen LogP contribution in [0, 0.1) is 5.92 Å². The lowest BCUT2D eigenvalue weighted by Crippen LogP contribution is -2.45. The van der Waals surface area contributed by atoms with Gasteiger partial charge in [-0.05, 0) is 38.5 Å². The molecule has 0 amide bonds. The Bertz CT molecular complexity index is 324. The van der Waals surface area contributed by atoms with Gasteiger partial charge in [-0.15, -0.1) is 0 Å². The number of hydrogen-bond acceptors (Lipinski definition) is 2. The molecule has 3 fully saturated rings. The van der Waals surface area contributed by atoms with Crippen LogP contribution in [0.2, 0.25) is 0 Å². The molecule has 0 bridgehead atoms. The van der Waals surface area contributed by atoms with E-state index in [-0.39, 0.29) is 0 Å². The van der Waals surface area contributed by atoms with Crippen LogP contribution in [0.15, 0.2) is 4.99 Å². The van der Waals surface area contributed by atoms with E-state index in [4.69, 9.17) is 0 Å². The summed E-state index contributed by atoms with van der Waals surface area (Å²) in [6, 6.07) is 2.15. The Balaban J connectivity index is 1.48. The van der Waals surface area contributed by atoms with Gasteiger partial charge in [-0.3, -0.25) is 9.89 Å². The van der Waals surface area contributed by atoms with Gasteiger partial charge in [-0.25, -0.2) is 0 Å². The van der Waals surface area contributed by atoms with E-state index in [1.807, 2.05) is 0 Å². The molecule has 102 valence electrons. The monoisotopic (exact) mass is 250 g/mol. The van der Waals surface area contributed by atoms with Crippen molar-refractivity contribution in [1.82, 2.24) is 15.5 Å². The fraction of sp³-hybridized carbons (Fsp3) is 0.929. The van der Waals surface area contributed by atoms with Crippen LogP contribution >= 0.6 is 0 Å². The van der Waals surface area contributed by atoms with Crippen LogP contribution in [0.3, 0.4) is 0 Å². The van der Waals surface area contributed by atoms with Gasteiger partial charge in [0.1, 0.15) is 0 Å². The highest BCUT2D eigenvalue weighted by Gasteiger charge is 2.36. The normalized spacial score (nSPS) is 36.8. The lowest BCUT2D eigenvalue weighted by molar-refractivity contribution is 0.321. The van der Waals surface area contributed by atoms with Crippen LogP contribution in [0.1, 0.15) is 39.5 Å². The van der Waals surface area contributed by atoms with Crippen molar-refractivity contribution in [3.63, 3.8) is 0 Å². The molecule has 0 spiro atoms. The van der Waals surface area contributed by atoms with E-state index in [9.17, 15) is 0 Å². The summed E-state index contributed by atoms with van der Waals surface area (Å²) in [6.45, 7) is 7.73. The van der Waals surface area contributed by atoms with Gasteiger partial charge in [0.05, 0.1) is 0 Å². The molecule has 1 aliphatic heterocycles. The SMILES string of the molecule is CCN=C(NC1CCN(C2CC2)C1)NC1CC1C. The minimum atomic E-state index is 0.595. The highest BCUT2D eigenvalue weighted by molar-refractivity contribution is 5.80. The van der Waals surface area contributed by atoms with Crippen molar-refractivity contribution >= 4 is 5.96 Å². The molecular formula is C14H26N4. The predicted molar refractivity (Wildman–Crippen MR) is 74.8 cm³/mol. The van der Waals surface area contributed by atoms with Crippen molar-refractivity contribution in [2.45, 2.75) is 57.7 Å². The molecule has 3 atom stereocenters. The van der Waals surface area contributed by atoms with Gasteiger partial charge >= 0.3 is 0 Å². The molecule has 3 rings (SSSR count). The Labute approximate surface area is 110 Å². The van der Waals surface area contributed by atoms with Gasteiger partial charge in [0, 0.05) is 37.8 Å². The van der Waals surface area contributed by atoms with Crippen LogP contribution in [0.4, 0.5) is 0 Å². The molecule has 0 aromatic rings. The van der Waals surface area contributed by atoms with E-state index in [1.54, 1.807) is 0 Å². The summed E-state index contributed by atoms with van der Waals surface area (Å²) >= 11 is 0. The number of nitrogens with zero attached hydrogens (tertiary/aromatic N) is 2. The fourth-order valence-corrected chi connectivity index (χ4v) is 2.86. The number of guanidine groups is 1. The Morgan fingerprint density at radius 2 is 2.06 bits per heavy atom. The van der Waals surface area contributed by atoms with E-state index < -0.39 is 0 Å². The average molecular weight is 250 g/mol. The van der Waals surface area contributed by atoms with E-state index in [0.29, 0.717) is 12.1 Å².